The van der Waals surface area contributed by atoms with Crippen molar-refractivity contribution in [2.75, 3.05) is 26.2 Å². The number of nitrogens with one attached hydrogen (secondary N) is 2. The zero-order valence-electron chi connectivity index (χ0n) is 14.7. The molecule has 3 heterocycles. The molecule has 1 saturated heterocycles. The molecule has 0 bridgehead atoms. The molecule has 0 unspecified atom stereocenters. The average Bonchev–Trinajstić information content (AvgIpc) is 2.99. The quantitative estimate of drug-likeness (QED) is 0.857. The number of H-pyrrole nitrogens is 1. The smallest absolute Gasteiger partial charge is 0.234 e. The Balaban J connectivity index is 1.48. The Morgan fingerprint density at radius 1 is 1.42 bits per heavy atom. The summed E-state index contributed by atoms with van der Waals surface area (Å²) in [5, 5.41) is 4.27. The van der Waals surface area contributed by atoms with Crippen molar-refractivity contribution in [1.29, 1.82) is 0 Å². The van der Waals surface area contributed by atoms with Crippen molar-refractivity contribution in [3.63, 3.8) is 0 Å². The third-order valence-electron chi connectivity index (χ3n) is 4.92. The Labute approximate surface area is 143 Å². The number of rotatable bonds is 6. The summed E-state index contributed by atoms with van der Waals surface area (Å²) in [6, 6.07) is 4.14. The third-order valence-corrected chi connectivity index (χ3v) is 4.92. The molecule has 0 aliphatic carbocycles. The molecule has 0 radical (unpaired) electrons. The Hall–Kier alpha value is -1.88. The molecule has 0 aromatic carbocycles. The lowest BCUT2D eigenvalue weighted by Crippen LogP contribution is -2.41. The van der Waals surface area contributed by atoms with Gasteiger partial charge < -0.3 is 10.3 Å². The van der Waals surface area contributed by atoms with Crippen molar-refractivity contribution in [2.45, 2.75) is 39.0 Å². The molecule has 0 saturated carbocycles. The van der Waals surface area contributed by atoms with Crippen LogP contribution < -0.4 is 5.32 Å². The number of carbonyl (C=O) groups excluding carboxylic acids is 1. The average molecular weight is 328 g/mol. The van der Waals surface area contributed by atoms with E-state index in [0.717, 1.165) is 44.5 Å². The van der Waals surface area contributed by atoms with E-state index >= 15 is 0 Å². The van der Waals surface area contributed by atoms with Crippen molar-refractivity contribution in [2.24, 2.45) is 5.92 Å². The maximum Gasteiger partial charge on any atom is 0.234 e. The van der Waals surface area contributed by atoms with Crippen LogP contribution in [0, 0.1) is 5.92 Å². The number of aromatic nitrogens is 2. The van der Waals surface area contributed by atoms with E-state index in [2.05, 4.69) is 46.3 Å². The number of fused-ring (bicyclic) bond motifs is 1. The van der Waals surface area contributed by atoms with Gasteiger partial charge in [-0.2, -0.15) is 0 Å². The van der Waals surface area contributed by atoms with Crippen LogP contribution >= 0.6 is 0 Å². The zero-order valence-corrected chi connectivity index (χ0v) is 14.7. The number of nitrogens with zero attached hydrogens (tertiary/aromatic N) is 2. The first-order chi connectivity index (χ1) is 11.6. The van der Waals surface area contributed by atoms with Gasteiger partial charge in [0, 0.05) is 24.3 Å². The fourth-order valence-electron chi connectivity index (χ4n) is 3.48. The number of aromatic amines is 1. The summed E-state index contributed by atoms with van der Waals surface area (Å²) in [6.45, 7) is 7.63. The number of amides is 1. The van der Waals surface area contributed by atoms with Gasteiger partial charge in [-0.3, -0.25) is 9.69 Å². The Morgan fingerprint density at radius 3 is 2.96 bits per heavy atom. The van der Waals surface area contributed by atoms with Gasteiger partial charge >= 0.3 is 0 Å². The van der Waals surface area contributed by atoms with Gasteiger partial charge in [-0.15, -0.1) is 0 Å². The highest BCUT2D eigenvalue weighted by molar-refractivity contribution is 5.80. The van der Waals surface area contributed by atoms with E-state index in [4.69, 9.17) is 0 Å². The lowest BCUT2D eigenvalue weighted by molar-refractivity contribution is -0.122. The molecule has 1 aliphatic heterocycles. The van der Waals surface area contributed by atoms with Crippen molar-refractivity contribution in [3.8, 4) is 0 Å². The summed E-state index contributed by atoms with van der Waals surface area (Å²) in [5.41, 5.74) is 2.35. The molecule has 1 fully saturated rings. The first-order valence-electron chi connectivity index (χ1n) is 9.04. The van der Waals surface area contributed by atoms with Crippen LogP contribution in [0.15, 0.2) is 24.5 Å². The highest BCUT2D eigenvalue weighted by atomic mass is 16.2. The molecule has 2 aromatic rings. The largest absolute Gasteiger partial charge is 0.355 e. The lowest BCUT2D eigenvalue weighted by atomic mass is 9.89. The standard InChI is InChI=1S/C19H28N4O/c1-14(2)5-9-20-18(24)13-23-10-6-15(7-11-23)17-12-22-19-16(17)4-3-8-21-19/h3-4,8,12,14-15H,5-7,9-11,13H2,1-2H3,(H,20,24)(H,21,22). The monoisotopic (exact) mass is 328 g/mol. The number of piperidine rings is 1. The molecular formula is C19H28N4O. The Kier molecular flexibility index (Phi) is 5.51. The fraction of sp³-hybridized carbons (Fsp3) is 0.579. The second-order valence-corrected chi connectivity index (χ2v) is 7.23. The molecule has 0 atom stereocenters. The molecule has 24 heavy (non-hydrogen) atoms. The maximum absolute atomic E-state index is 12.0. The zero-order chi connectivity index (χ0) is 16.9. The lowest BCUT2D eigenvalue weighted by Gasteiger charge is -2.31. The summed E-state index contributed by atoms with van der Waals surface area (Å²) in [7, 11) is 0. The second kappa shape index (κ2) is 7.79. The van der Waals surface area contributed by atoms with Crippen LogP contribution in [-0.4, -0.2) is 47.0 Å². The van der Waals surface area contributed by atoms with Gasteiger partial charge in [0.15, 0.2) is 0 Å². The van der Waals surface area contributed by atoms with Crippen LogP contribution in [0.25, 0.3) is 11.0 Å². The van der Waals surface area contributed by atoms with Crippen molar-refractivity contribution in [1.82, 2.24) is 20.2 Å². The number of pyridine rings is 1. The molecule has 5 nitrogen and oxygen atoms in total. The third kappa shape index (κ3) is 4.15. The minimum absolute atomic E-state index is 0.158. The molecule has 0 spiro atoms. The number of carbonyl (C=O) groups is 1. The van der Waals surface area contributed by atoms with Crippen molar-refractivity contribution < 1.29 is 4.79 Å². The van der Waals surface area contributed by atoms with E-state index in [1.165, 1.54) is 10.9 Å². The van der Waals surface area contributed by atoms with Crippen LogP contribution in [0.3, 0.4) is 0 Å². The van der Waals surface area contributed by atoms with Crippen LogP contribution in [0.4, 0.5) is 0 Å². The van der Waals surface area contributed by atoms with E-state index < -0.39 is 0 Å². The van der Waals surface area contributed by atoms with E-state index in [1.807, 2.05) is 12.3 Å². The van der Waals surface area contributed by atoms with Gasteiger partial charge in [-0.1, -0.05) is 13.8 Å². The van der Waals surface area contributed by atoms with Gasteiger partial charge in [-0.05, 0) is 61.9 Å². The molecule has 5 heteroatoms. The topological polar surface area (TPSA) is 61.0 Å². The summed E-state index contributed by atoms with van der Waals surface area (Å²) >= 11 is 0. The normalized spacial score (nSPS) is 16.8. The first kappa shape index (κ1) is 17.0. The fourth-order valence-corrected chi connectivity index (χ4v) is 3.48. The molecule has 2 N–H and O–H groups in total. The van der Waals surface area contributed by atoms with Crippen LogP contribution in [-0.2, 0) is 4.79 Å². The van der Waals surface area contributed by atoms with Gasteiger partial charge in [-0.25, -0.2) is 4.98 Å². The van der Waals surface area contributed by atoms with E-state index in [9.17, 15) is 4.79 Å². The second-order valence-electron chi connectivity index (χ2n) is 7.23. The molecule has 2 aromatic heterocycles. The minimum atomic E-state index is 0.158. The Morgan fingerprint density at radius 2 is 2.21 bits per heavy atom. The highest BCUT2D eigenvalue weighted by Crippen LogP contribution is 2.32. The predicted octanol–water partition coefficient (Wildman–Crippen LogP) is 2.90. The summed E-state index contributed by atoms with van der Waals surface area (Å²) < 4.78 is 0. The van der Waals surface area contributed by atoms with Gasteiger partial charge in [0.05, 0.1) is 6.54 Å². The summed E-state index contributed by atoms with van der Waals surface area (Å²) in [5.74, 6) is 1.35. The van der Waals surface area contributed by atoms with E-state index in [-0.39, 0.29) is 5.91 Å². The van der Waals surface area contributed by atoms with Crippen molar-refractivity contribution in [3.05, 3.63) is 30.1 Å². The minimum Gasteiger partial charge on any atom is -0.355 e. The molecule has 3 rings (SSSR count). The van der Waals surface area contributed by atoms with Crippen LogP contribution in [0.1, 0.15) is 44.6 Å². The summed E-state index contributed by atoms with van der Waals surface area (Å²) in [4.78, 5) is 21.9. The van der Waals surface area contributed by atoms with Gasteiger partial charge in [0.25, 0.3) is 0 Å². The molecule has 1 aliphatic rings. The SMILES string of the molecule is CC(C)CCNC(=O)CN1CCC(c2c[nH]c3ncccc23)CC1. The van der Waals surface area contributed by atoms with Crippen LogP contribution in [0.5, 0.6) is 0 Å². The Bertz CT molecular complexity index is 671. The number of hydrogen-bond acceptors (Lipinski definition) is 3. The maximum atomic E-state index is 12.0. The van der Waals surface area contributed by atoms with Crippen molar-refractivity contribution >= 4 is 16.9 Å². The summed E-state index contributed by atoms with van der Waals surface area (Å²) in [6.07, 6.45) is 7.17. The van der Waals surface area contributed by atoms with Gasteiger partial charge in [0.2, 0.25) is 5.91 Å². The van der Waals surface area contributed by atoms with E-state index in [0.29, 0.717) is 18.4 Å². The molecular weight excluding hydrogens is 300 g/mol. The number of likely N-dealkylation sites (tertiary alicyclic amines) is 1. The molecule has 130 valence electrons. The molecule has 1 amide bonds. The predicted molar refractivity (Wildman–Crippen MR) is 97.0 cm³/mol. The van der Waals surface area contributed by atoms with Gasteiger partial charge in [0.1, 0.15) is 5.65 Å². The number of hydrogen-bond donors (Lipinski definition) is 2. The highest BCUT2D eigenvalue weighted by Gasteiger charge is 2.23. The van der Waals surface area contributed by atoms with E-state index in [1.54, 1.807) is 0 Å². The first-order valence-corrected chi connectivity index (χ1v) is 9.04. The van der Waals surface area contributed by atoms with Crippen LogP contribution in [0.2, 0.25) is 0 Å².